The average molecular weight is 270 g/mol. The maximum Gasteiger partial charge on any atom is 0.276 e. The minimum atomic E-state index is -0.508. The van der Waals surface area contributed by atoms with E-state index in [4.69, 9.17) is 5.21 Å². The zero-order chi connectivity index (χ0) is 14.5. The van der Waals surface area contributed by atoms with E-state index < -0.39 is 5.91 Å². The molecular formula is C15H14N2O3. The van der Waals surface area contributed by atoms with Crippen molar-refractivity contribution >= 4 is 17.5 Å². The van der Waals surface area contributed by atoms with Crippen molar-refractivity contribution < 1.29 is 14.8 Å². The van der Waals surface area contributed by atoms with Crippen molar-refractivity contribution in [2.75, 3.05) is 12.4 Å². The van der Waals surface area contributed by atoms with Crippen LogP contribution in [0.4, 0.5) is 5.69 Å². The van der Waals surface area contributed by atoms with E-state index in [1.165, 1.54) is 19.2 Å². The van der Waals surface area contributed by atoms with E-state index in [1.54, 1.807) is 36.4 Å². The number of nitrogens with one attached hydrogen (secondary N) is 1. The zero-order valence-corrected chi connectivity index (χ0v) is 10.9. The monoisotopic (exact) mass is 270 g/mol. The van der Waals surface area contributed by atoms with Crippen molar-refractivity contribution in [2.24, 2.45) is 0 Å². The van der Waals surface area contributed by atoms with Crippen LogP contribution in [-0.2, 0) is 0 Å². The molecule has 0 unspecified atom stereocenters. The van der Waals surface area contributed by atoms with E-state index in [0.29, 0.717) is 21.9 Å². The van der Waals surface area contributed by atoms with E-state index in [2.05, 4.69) is 5.32 Å². The number of anilines is 1. The van der Waals surface area contributed by atoms with Crippen LogP contribution in [0.5, 0.6) is 0 Å². The normalized spacial score (nSPS) is 9.90. The first kappa shape index (κ1) is 13.8. The summed E-state index contributed by atoms with van der Waals surface area (Å²) in [6.45, 7) is 0. The molecule has 2 amide bonds. The number of hydroxylamine groups is 2. The fourth-order valence-corrected chi connectivity index (χ4v) is 1.68. The van der Waals surface area contributed by atoms with Crippen LogP contribution >= 0.6 is 0 Å². The second-order valence-electron chi connectivity index (χ2n) is 4.23. The summed E-state index contributed by atoms with van der Waals surface area (Å²) in [4.78, 5) is 23.4. The minimum Gasteiger partial charge on any atom is -0.322 e. The van der Waals surface area contributed by atoms with Gasteiger partial charge in [0.1, 0.15) is 0 Å². The van der Waals surface area contributed by atoms with Crippen molar-refractivity contribution in [1.29, 1.82) is 0 Å². The minimum absolute atomic E-state index is 0.219. The molecule has 5 nitrogen and oxygen atoms in total. The predicted molar refractivity (Wildman–Crippen MR) is 74.7 cm³/mol. The molecule has 0 aromatic heterocycles. The first-order valence-electron chi connectivity index (χ1n) is 6.01. The zero-order valence-electron chi connectivity index (χ0n) is 10.9. The van der Waals surface area contributed by atoms with Gasteiger partial charge in [0.05, 0.1) is 0 Å². The molecule has 2 N–H and O–H groups in total. The molecule has 0 spiro atoms. The largest absolute Gasteiger partial charge is 0.322 e. The maximum absolute atomic E-state index is 11.9. The summed E-state index contributed by atoms with van der Waals surface area (Å²) in [5.41, 5.74) is 1.48. The molecule has 2 rings (SSSR count). The van der Waals surface area contributed by atoms with Crippen LogP contribution in [0, 0.1) is 0 Å². The lowest BCUT2D eigenvalue weighted by molar-refractivity contribution is -0.0374. The Hall–Kier alpha value is -2.66. The van der Waals surface area contributed by atoms with Crippen molar-refractivity contribution in [3.63, 3.8) is 0 Å². The SMILES string of the molecule is CN(O)C(=O)c1ccc(NC(=O)c2ccccc2)cc1. The molecule has 5 heteroatoms. The third kappa shape index (κ3) is 3.21. The van der Waals surface area contributed by atoms with E-state index in [9.17, 15) is 9.59 Å². The van der Waals surface area contributed by atoms with Gasteiger partial charge in [-0.2, -0.15) is 0 Å². The summed E-state index contributed by atoms with van der Waals surface area (Å²) in [7, 11) is 1.26. The first-order chi connectivity index (χ1) is 9.58. The average Bonchev–Trinajstić information content (AvgIpc) is 2.48. The summed E-state index contributed by atoms with van der Waals surface area (Å²) >= 11 is 0. The highest BCUT2D eigenvalue weighted by molar-refractivity contribution is 6.04. The van der Waals surface area contributed by atoms with Crippen molar-refractivity contribution in [3.05, 3.63) is 65.7 Å². The molecule has 0 bridgehead atoms. The Morgan fingerprint density at radius 1 is 0.950 bits per heavy atom. The van der Waals surface area contributed by atoms with Crippen LogP contribution in [0.15, 0.2) is 54.6 Å². The molecule has 0 aliphatic carbocycles. The lowest BCUT2D eigenvalue weighted by Gasteiger charge is -2.09. The number of amides is 2. The van der Waals surface area contributed by atoms with Crippen molar-refractivity contribution in [1.82, 2.24) is 5.06 Å². The second kappa shape index (κ2) is 5.99. The van der Waals surface area contributed by atoms with Gasteiger partial charge in [-0.05, 0) is 36.4 Å². The molecule has 2 aromatic rings. The molecule has 0 fully saturated rings. The molecule has 0 saturated heterocycles. The van der Waals surface area contributed by atoms with Gasteiger partial charge < -0.3 is 5.32 Å². The van der Waals surface area contributed by atoms with Gasteiger partial charge in [0, 0.05) is 23.9 Å². The number of nitrogens with zero attached hydrogens (tertiary/aromatic N) is 1. The number of carbonyl (C=O) groups excluding carboxylic acids is 2. The van der Waals surface area contributed by atoms with E-state index in [-0.39, 0.29) is 5.91 Å². The van der Waals surface area contributed by atoms with Crippen LogP contribution in [-0.4, -0.2) is 29.1 Å². The van der Waals surface area contributed by atoms with Gasteiger partial charge in [-0.1, -0.05) is 18.2 Å². The fourth-order valence-electron chi connectivity index (χ4n) is 1.68. The Labute approximate surface area is 116 Å². The number of hydrogen-bond donors (Lipinski definition) is 2. The van der Waals surface area contributed by atoms with Gasteiger partial charge in [0.2, 0.25) is 0 Å². The number of rotatable bonds is 3. The lowest BCUT2D eigenvalue weighted by atomic mass is 10.1. The maximum atomic E-state index is 11.9. The van der Waals surface area contributed by atoms with Gasteiger partial charge in [0.15, 0.2) is 0 Å². The predicted octanol–water partition coefficient (Wildman–Crippen LogP) is 2.40. The van der Waals surface area contributed by atoms with Crippen molar-refractivity contribution in [3.8, 4) is 0 Å². The lowest BCUT2D eigenvalue weighted by Crippen LogP contribution is -2.22. The van der Waals surface area contributed by atoms with Crippen LogP contribution < -0.4 is 5.32 Å². The molecule has 0 aliphatic heterocycles. The van der Waals surface area contributed by atoms with Gasteiger partial charge in [-0.25, -0.2) is 5.06 Å². The Bertz CT molecular complexity index is 607. The smallest absolute Gasteiger partial charge is 0.276 e. The first-order valence-corrected chi connectivity index (χ1v) is 6.01. The summed E-state index contributed by atoms with van der Waals surface area (Å²) < 4.78 is 0. The third-order valence-electron chi connectivity index (χ3n) is 2.72. The molecule has 0 atom stereocenters. The highest BCUT2D eigenvalue weighted by Crippen LogP contribution is 2.12. The summed E-state index contributed by atoms with van der Waals surface area (Å²) in [6.07, 6.45) is 0. The summed E-state index contributed by atoms with van der Waals surface area (Å²) in [6, 6.07) is 15.1. The van der Waals surface area contributed by atoms with E-state index in [0.717, 1.165) is 0 Å². The third-order valence-corrected chi connectivity index (χ3v) is 2.72. The highest BCUT2D eigenvalue weighted by atomic mass is 16.5. The molecular weight excluding hydrogens is 256 g/mol. The Morgan fingerprint density at radius 2 is 1.55 bits per heavy atom. The van der Waals surface area contributed by atoms with E-state index in [1.807, 2.05) is 6.07 Å². The molecule has 2 aromatic carbocycles. The topological polar surface area (TPSA) is 69.6 Å². The Kier molecular flexibility index (Phi) is 4.12. The number of carbonyl (C=O) groups is 2. The van der Waals surface area contributed by atoms with Crippen LogP contribution in [0.25, 0.3) is 0 Å². The van der Waals surface area contributed by atoms with Gasteiger partial charge >= 0.3 is 0 Å². The van der Waals surface area contributed by atoms with E-state index >= 15 is 0 Å². The summed E-state index contributed by atoms with van der Waals surface area (Å²) in [5.74, 6) is -0.727. The number of benzene rings is 2. The fraction of sp³-hybridized carbons (Fsp3) is 0.0667. The quantitative estimate of drug-likeness (QED) is 0.664. The number of hydrogen-bond acceptors (Lipinski definition) is 3. The molecule has 102 valence electrons. The highest BCUT2D eigenvalue weighted by Gasteiger charge is 2.10. The molecule has 20 heavy (non-hydrogen) atoms. The molecule has 0 aliphatic rings. The molecule has 0 radical (unpaired) electrons. The van der Waals surface area contributed by atoms with Gasteiger partial charge in [-0.15, -0.1) is 0 Å². The Balaban J connectivity index is 2.08. The second-order valence-corrected chi connectivity index (χ2v) is 4.23. The van der Waals surface area contributed by atoms with Crippen LogP contribution in [0.3, 0.4) is 0 Å². The van der Waals surface area contributed by atoms with Gasteiger partial charge in [0.25, 0.3) is 11.8 Å². The standard InChI is InChI=1S/C15H14N2O3/c1-17(20)15(19)12-7-9-13(10-8-12)16-14(18)11-5-3-2-4-6-11/h2-10,20H,1H3,(H,16,18). The van der Waals surface area contributed by atoms with Crippen molar-refractivity contribution in [2.45, 2.75) is 0 Å². The molecule has 0 saturated carbocycles. The molecule has 0 heterocycles. The van der Waals surface area contributed by atoms with Crippen LogP contribution in [0.1, 0.15) is 20.7 Å². The Morgan fingerprint density at radius 3 is 2.10 bits per heavy atom. The summed E-state index contributed by atoms with van der Waals surface area (Å²) in [5, 5.41) is 12.3. The van der Waals surface area contributed by atoms with Gasteiger partial charge in [-0.3, -0.25) is 14.8 Å². The van der Waals surface area contributed by atoms with Crippen LogP contribution in [0.2, 0.25) is 0 Å².